The maximum Gasteiger partial charge on any atom is 0.257 e. The lowest BCUT2D eigenvalue weighted by Crippen LogP contribution is -2.57. The normalized spacial score (nSPS) is 34.4. The van der Waals surface area contributed by atoms with Gasteiger partial charge in [0.15, 0.2) is 0 Å². The molecule has 0 radical (unpaired) electrons. The highest BCUT2D eigenvalue weighted by molar-refractivity contribution is 5.54. The molecule has 2 unspecified atom stereocenters. The highest BCUT2D eigenvalue weighted by atomic mass is 16.7. The van der Waals surface area contributed by atoms with Crippen LogP contribution in [0.25, 0.3) is 0 Å². The first kappa shape index (κ1) is 11.6. The summed E-state index contributed by atoms with van der Waals surface area (Å²) in [4.78, 5) is 11.5. The van der Waals surface area contributed by atoms with Crippen molar-refractivity contribution in [3.8, 4) is 0 Å². The number of rotatable bonds is 2. The van der Waals surface area contributed by atoms with Crippen LogP contribution < -0.4 is 5.11 Å². The minimum Gasteiger partial charge on any atom is -0.498 e. The van der Waals surface area contributed by atoms with Crippen LogP contribution >= 0.6 is 0 Å². The van der Waals surface area contributed by atoms with Crippen molar-refractivity contribution in [1.29, 1.82) is 0 Å². The molecule has 2 heterocycles. The molecule has 2 atom stereocenters. The molecule has 5 nitrogen and oxygen atoms in total. The van der Waals surface area contributed by atoms with Crippen molar-refractivity contribution >= 4 is 6.09 Å². The fourth-order valence-electron chi connectivity index (χ4n) is 2.81. The van der Waals surface area contributed by atoms with E-state index in [0.717, 1.165) is 5.56 Å². The van der Waals surface area contributed by atoms with Gasteiger partial charge < -0.3 is 19.4 Å². The summed E-state index contributed by atoms with van der Waals surface area (Å²) >= 11 is 0. The van der Waals surface area contributed by atoms with Crippen molar-refractivity contribution < 1.29 is 23.9 Å². The Labute approximate surface area is 105 Å². The number of fused-ring (bicyclic) bond motifs is 1. The number of amides is 1. The van der Waals surface area contributed by atoms with Gasteiger partial charge in [-0.2, -0.15) is 0 Å². The number of likely N-dealkylation sites (tertiary alicyclic amines) is 1. The maximum absolute atomic E-state index is 11.5. The summed E-state index contributed by atoms with van der Waals surface area (Å²) < 4.78 is 10.7. The third-order valence-corrected chi connectivity index (χ3v) is 3.75. The summed E-state index contributed by atoms with van der Waals surface area (Å²) in [5, 5.41) is 11.5. The molecular formula is C13H15NO4. The average Bonchev–Trinajstić information content (AvgIpc) is 2.89. The standard InChI is InChI=1S/C13H15NO4/c15-13(16)14(6-10-4-2-1-3-5-10)7-11-12(8-14)18-9-17-11/h1-5,11-12H,6-9H2. The van der Waals surface area contributed by atoms with Gasteiger partial charge >= 0.3 is 0 Å². The number of quaternary nitrogens is 1. The highest BCUT2D eigenvalue weighted by Gasteiger charge is 2.51. The zero-order valence-corrected chi connectivity index (χ0v) is 9.95. The van der Waals surface area contributed by atoms with Gasteiger partial charge in [0.05, 0.1) is 0 Å². The van der Waals surface area contributed by atoms with E-state index in [1.807, 2.05) is 30.3 Å². The lowest BCUT2D eigenvalue weighted by atomic mass is 10.2. The maximum atomic E-state index is 11.5. The Morgan fingerprint density at radius 1 is 1.22 bits per heavy atom. The number of benzene rings is 1. The topological polar surface area (TPSA) is 58.6 Å². The van der Waals surface area contributed by atoms with Crippen LogP contribution in [-0.4, -0.2) is 42.7 Å². The predicted molar refractivity (Wildman–Crippen MR) is 60.1 cm³/mol. The Balaban J connectivity index is 1.83. The summed E-state index contributed by atoms with van der Waals surface area (Å²) in [5.74, 6) is 0. The van der Waals surface area contributed by atoms with E-state index >= 15 is 0 Å². The van der Waals surface area contributed by atoms with E-state index in [-0.39, 0.29) is 23.5 Å². The predicted octanol–water partition coefficient (Wildman–Crippen LogP) is 0.102. The lowest BCUT2D eigenvalue weighted by Gasteiger charge is -2.34. The summed E-state index contributed by atoms with van der Waals surface area (Å²) in [6.07, 6.45) is -1.29. The van der Waals surface area contributed by atoms with Gasteiger partial charge in [0.25, 0.3) is 6.09 Å². The average molecular weight is 249 g/mol. The molecule has 0 spiro atoms. The molecule has 0 aliphatic carbocycles. The Morgan fingerprint density at radius 3 is 2.39 bits per heavy atom. The van der Waals surface area contributed by atoms with E-state index in [0.29, 0.717) is 19.6 Å². The number of carbonyl (C=O) groups is 1. The van der Waals surface area contributed by atoms with Crippen molar-refractivity contribution in [1.82, 2.24) is 0 Å². The molecule has 1 aromatic carbocycles. The van der Waals surface area contributed by atoms with E-state index in [1.165, 1.54) is 0 Å². The second-order valence-electron chi connectivity index (χ2n) is 4.95. The van der Waals surface area contributed by atoms with Crippen LogP contribution in [0.15, 0.2) is 30.3 Å². The third kappa shape index (κ3) is 1.90. The van der Waals surface area contributed by atoms with E-state index in [1.54, 1.807) is 0 Å². The van der Waals surface area contributed by atoms with Crippen LogP contribution in [0.1, 0.15) is 5.56 Å². The zero-order valence-electron chi connectivity index (χ0n) is 9.95. The second kappa shape index (κ2) is 4.35. The zero-order chi connectivity index (χ0) is 12.6. The molecule has 96 valence electrons. The van der Waals surface area contributed by atoms with Crippen LogP contribution in [0.3, 0.4) is 0 Å². The summed E-state index contributed by atoms with van der Waals surface area (Å²) in [6.45, 7) is 1.53. The van der Waals surface area contributed by atoms with Crippen LogP contribution in [0.5, 0.6) is 0 Å². The smallest absolute Gasteiger partial charge is 0.257 e. The van der Waals surface area contributed by atoms with Gasteiger partial charge in [0.1, 0.15) is 38.6 Å². The monoisotopic (exact) mass is 249 g/mol. The van der Waals surface area contributed by atoms with Gasteiger partial charge in [-0.25, -0.2) is 0 Å². The van der Waals surface area contributed by atoms with Crippen molar-refractivity contribution in [2.75, 3.05) is 19.9 Å². The Morgan fingerprint density at radius 2 is 1.83 bits per heavy atom. The number of nitrogens with zero attached hydrogens (tertiary/aromatic N) is 1. The highest BCUT2D eigenvalue weighted by Crippen LogP contribution is 2.30. The molecule has 5 heteroatoms. The van der Waals surface area contributed by atoms with Gasteiger partial charge in [-0.1, -0.05) is 30.3 Å². The fourth-order valence-corrected chi connectivity index (χ4v) is 2.81. The van der Waals surface area contributed by atoms with Gasteiger partial charge in [0, 0.05) is 5.56 Å². The summed E-state index contributed by atoms with van der Waals surface area (Å²) in [5.41, 5.74) is 0.988. The second-order valence-corrected chi connectivity index (χ2v) is 4.95. The van der Waals surface area contributed by atoms with Gasteiger partial charge in [0.2, 0.25) is 0 Å². The van der Waals surface area contributed by atoms with Crippen LogP contribution in [-0.2, 0) is 16.0 Å². The molecule has 2 aliphatic rings. The Kier molecular flexibility index (Phi) is 2.81. The third-order valence-electron chi connectivity index (χ3n) is 3.75. The van der Waals surface area contributed by atoms with E-state index in [9.17, 15) is 9.90 Å². The van der Waals surface area contributed by atoms with Crippen molar-refractivity contribution in [3.05, 3.63) is 35.9 Å². The number of carbonyl (C=O) groups excluding carboxylic acids is 1. The van der Waals surface area contributed by atoms with E-state index < -0.39 is 6.09 Å². The number of carboxylic acid groups (broad SMARTS) is 1. The van der Waals surface area contributed by atoms with Crippen LogP contribution in [0.4, 0.5) is 4.79 Å². The van der Waals surface area contributed by atoms with Gasteiger partial charge in [-0.3, -0.25) is 4.48 Å². The fraction of sp³-hybridized carbons (Fsp3) is 0.462. The summed E-state index contributed by atoms with van der Waals surface area (Å²) in [6, 6.07) is 9.59. The van der Waals surface area contributed by atoms with Crippen molar-refractivity contribution in [2.45, 2.75) is 18.8 Å². The number of hydrogen-bond donors (Lipinski definition) is 0. The van der Waals surface area contributed by atoms with Crippen LogP contribution in [0.2, 0.25) is 0 Å². The lowest BCUT2D eigenvalue weighted by molar-refractivity contribution is -0.880. The Bertz CT molecular complexity index is 436. The molecule has 1 amide bonds. The van der Waals surface area contributed by atoms with Gasteiger partial charge in [-0.15, -0.1) is 0 Å². The molecule has 18 heavy (non-hydrogen) atoms. The minimum atomic E-state index is -1.06. The molecular weight excluding hydrogens is 234 g/mol. The van der Waals surface area contributed by atoms with Gasteiger partial charge in [-0.05, 0) is 0 Å². The van der Waals surface area contributed by atoms with E-state index in [2.05, 4.69) is 0 Å². The molecule has 3 rings (SSSR count). The number of ether oxygens (including phenoxy) is 2. The molecule has 0 N–H and O–H groups in total. The molecule has 0 aromatic heterocycles. The first-order chi connectivity index (χ1) is 8.70. The largest absolute Gasteiger partial charge is 0.498 e. The summed E-state index contributed by atoms with van der Waals surface area (Å²) in [7, 11) is 0. The van der Waals surface area contributed by atoms with Crippen molar-refractivity contribution in [2.24, 2.45) is 0 Å². The quantitative estimate of drug-likeness (QED) is 0.698. The first-order valence-electron chi connectivity index (χ1n) is 6.04. The molecule has 0 saturated carbocycles. The molecule has 2 aliphatic heterocycles. The molecule has 2 saturated heterocycles. The van der Waals surface area contributed by atoms with E-state index in [4.69, 9.17) is 9.47 Å². The van der Waals surface area contributed by atoms with Crippen molar-refractivity contribution in [3.63, 3.8) is 0 Å². The minimum absolute atomic E-state index is 0.112. The molecule has 2 fully saturated rings. The van der Waals surface area contributed by atoms with Crippen LogP contribution in [0, 0.1) is 0 Å². The molecule has 1 aromatic rings. The SMILES string of the molecule is O=C([O-])[N+]1(Cc2ccccc2)CC2OCOC2C1. The number of hydrogen-bond acceptors (Lipinski definition) is 4. The Hall–Kier alpha value is -1.43. The molecule has 0 bridgehead atoms. The first-order valence-corrected chi connectivity index (χ1v) is 6.04.